The van der Waals surface area contributed by atoms with Crippen LogP contribution < -0.4 is 59.1 Å². The van der Waals surface area contributed by atoms with Crippen LogP contribution in [0.5, 0.6) is 0 Å². The van der Waals surface area contributed by atoms with Crippen LogP contribution in [0, 0.1) is 0 Å². The maximum Gasteiger partial charge on any atom is 1.00 e. The average molecular weight is 356 g/mol. The molecule has 0 rings (SSSR count). The molecule has 0 fully saturated rings. The van der Waals surface area contributed by atoms with Crippen LogP contribution in [0.25, 0.3) is 0 Å². The first-order chi connectivity index (χ1) is 9.41. The standard InChI is InChI=1S/C14H30O.2Na.H2O4S/c1-3-5-7-9-11-13-15-14-12-10-8-6-4-2;;;1-5(2,3)4/h3-14H2,1-2H3;;;(H2,1,2,3,4)/q;2*+1;/p-2. The van der Waals surface area contributed by atoms with Crippen LogP contribution in [-0.2, 0) is 15.1 Å². The zero-order valence-electron chi connectivity index (χ0n) is 14.9. The summed E-state index contributed by atoms with van der Waals surface area (Å²) in [6, 6.07) is 0. The van der Waals surface area contributed by atoms with Crippen molar-refractivity contribution >= 4 is 10.4 Å². The van der Waals surface area contributed by atoms with Crippen LogP contribution in [0.4, 0.5) is 0 Å². The average Bonchev–Trinajstić information content (AvgIpc) is 2.34. The maximum absolute atomic E-state index is 8.52. The van der Waals surface area contributed by atoms with Gasteiger partial charge in [-0.2, -0.15) is 0 Å². The molecule has 22 heavy (non-hydrogen) atoms. The summed E-state index contributed by atoms with van der Waals surface area (Å²) < 4.78 is 39.7. The van der Waals surface area contributed by atoms with Crippen molar-refractivity contribution < 1.29 is 81.4 Å². The van der Waals surface area contributed by atoms with E-state index >= 15 is 0 Å². The van der Waals surface area contributed by atoms with E-state index in [1.165, 1.54) is 64.2 Å². The Morgan fingerprint density at radius 1 is 0.682 bits per heavy atom. The minimum absolute atomic E-state index is 0. The minimum Gasteiger partial charge on any atom is -0.759 e. The molecule has 0 spiro atoms. The molecule has 0 atom stereocenters. The zero-order valence-corrected chi connectivity index (χ0v) is 19.8. The fourth-order valence-corrected chi connectivity index (χ4v) is 1.72. The van der Waals surface area contributed by atoms with E-state index in [1.54, 1.807) is 0 Å². The Kier molecular flexibility index (Phi) is 36.0. The number of hydrogen-bond acceptors (Lipinski definition) is 5. The van der Waals surface area contributed by atoms with Crippen LogP contribution in [0.1, 0.15) is 78.1 Å². The Labute approximate surface area is 181 Å². The van der Waals surface area contributed by atoms with Crippen molar-refractivity contribution in [2.45, 2.75) is 78.1 Å². The summed E-state index contributed by atoms with van der Waals surface area (Å²) in [5.41, 5.74) is 0. The SMILES string of the molecule is CCCCCCCOCCCCCCC.O=S(=O)([O-])[O-].[Na+].[Na+]. The van der Waals surface area contributed by atoms with E-state index in [4.69, 9.17) is 22.3 Å². The molecule has 0 saturated carbocycles. The summed E-state index contributed by atoms with van der Waals surface area (Å²) in [6.07, 6.45) is 13.4. The summed E-state index contributed by atoms with van der Waals surface area (Å²) in [7, 11) is -5.17. The van der Waals surface area contributed by atoms with Crippen molar-refractivity contribution in [2.24, 2.45) is 0 Å². The van der Waals surface area contributed by atoms with Crippen molar-refractivity contribution in [2.75, 3.05) is 13.2 Å². The molecule has 0 aromatic carbocycles. The molecule has 0 N–H and O–H groups in total. The molecule has 0 radical (unpaired) electrons. The van der Waals surface area contributed by atoms with E-state index in [0.717, 1.165) is 13.2 Å². The number of ether oxygens (including phenoxy) is 1. The molecular formula is C14H30Na2O5S. The fraction of sp³-hybridized carbons (Fsp3) is 1.00. The maximum atomic E-state index is 8.52. The predicted octanol–water partition coefficient (Wildman–Crippen LogP) is -2.39. The third kappa shape index (κ3) is 49.5. The number of rotatable bonds is 12. The molecule has 0 unspecified atom stereocenters. The summed E-state index contributed by atoms with van der Waals surface area (Å²) in [6.45, 7) is 6.48. The van der Waals surface area contributed by atoms with E-state index in [1.807, 2.05) is 0 Å². The van der Waals surface area contributed by atoms with Crippen molar-refractivity contribution in [1.82, 2.24) is 0 Å². The van der Waals surface area contributed by atoms with Gasteiger partial charge in [0.2, 0.25) is 0 Å². The largest absolute Gasteiger partial charge is 1.00 e. The first-order valence-corrected chi connectivity index (χ1v) is 8.99. The molecule has 0 saturated heterocycles. The van der Waals surface area contributed by atoms with Crippen LogP contribution in [-0.4, -0.2) is 30.7 Å². The molecule has 0 aliphatic heterocycles. The van der Waals surface area contributed by atoms with Crippen molar-refractivity contribution in [3.05, 3.63) is 0 Å². The third-order valence-electron chi connectivity index (χ3n) is 2.78. The number of hydrogen-bond donors (Lipinski definition) is 0. The summed E-state index contributed by atoms with van der Waals surface area (Å²) in [5, 5.41) is 0. The Hall–Kier alpha value is 1.83. The van der Waals surface area contributed by atoms with Gasteiger partial charge in [-0.1, -0.05) is 65.2 Å². The van der Waals surface area contributed by atoms with Gasteiger partial charge in [0.25, 0.3) is 0 Å². The second-order valence-electron chi connectivity index (χ2n) is 4.85. The van der Waals surface area contributed by atoms with Crippen LogP contribution in [0.2, 0.25) is 0 Å². The molecule has 0 bridgehead atoms. The van der Waals surface area contributed by atoms with Gasteiger partial charge in [0, 0.05) is 23.6 Å². The molecule has 0 aliphatic carbocycles. The quantitative estimate of drug-likeness (QED) is 0.169. The Bertz CT molecular complexity index is 254. The second kappa shape index (κ2) is 25.1. The molecule has 8 heteroatoms. The van der Waals surface area contributed by atoms with Crippen LogP contribution in [0.3, 0.4) is 0 Å². The zero-order chi connectivity index (χ0) is 15.7. The van der Waals surface area contributed by atoms with Crippen molar-refractivity contribution in [3.8, 4) is 0 Å². The van der Waals surface area contributed by atoms with E-state index in [-0.39, 0.29) is 59.1 Å². The Balaban J connectivity index is -0.000000201. The van der Waals surface area contributed by atoms with Crippen LogP contribution in [0.15, 0.2) is 0 Å². The normalized spacial score (nSPS) is 10.0. The van der Waals surface area contributed by atoms with E-state index in [0.29, 0.717) is 0 Å². The Morgan fingerprint density at radius 3 is 1.23 bits per heavy atom. The topological polar surface area (TPSA) is 89.5 Å². The van der Waals surface area contributed by atoms with E-state index < -0.39 is 10.4 Å². The van der Waals surface area contributed by atoms with Crippen molar-refractivity contribution in [1.29, 1.82) is 0 Å². The van der Waals surface area contributed by atoms with Crippen molar-refractivity contribution in [3.63, 3.8) is 0 Å². The van der Waals surface area contributed by atoms with E-state index in [2.05, 4.69) is 13.8 Å². The van der Waals surface area contributed by atoms with Gasteiger partial charge in [-0.15, -0.1) is 0 Å². The third-order valence-corrected chi connectivity index (χ3v) is 2.78. The molecular weight excluding hydrogens is 326 g/mol. The van der Waals surface area contributed by atoms with Gasteiger partial charge in [-0.05, 0) is 12.8 Å². The minimum atomic E-state index is -5.17. The van der Waals surface area contributed by atoms with Gasteiger partial charge in [-0.25, -0.2) is 0 Å². The molecule has 0 aromatic rings. The van der Waals surface area contributed by atoms with Gasteiger partial charge >= 0.3 is 59.1 Å². The summed E-state index contributed by atoms with van der Waals surface area (Å²) >= 11 is 0. The second-order valence-corrected chi connectivity index (χ2v) is 5.67. The molecule has 0 heterocycles. The van der Waals surface area contributed by atoms with Gasteiger partial charge in [0.05, 0.1) is 0 Å². The van der Waals surface area contributed by atoms with Gasteiger partial charge in [-0.3, -0.25) is 8.42 Å². The summed E-state index contributed by atoms with van der Waals surface area (Å²) in [5.74, 6) is 0. The first kappa shape index (κ1) is 31.6. The smallest absolute Gasteiger partial charge is 0.759 e. The summed E-state index contributed by atoms with van der Waals surface area (Å²) in [4.78, 5) is 0. The molecule has 124 valence electrons. The van der Waals surface area contributed by atoms with Gasteiger partial charge in [0.1, 0.15) is 0 Å². The predicted molar refractivity (Wildman–Crippen MR) is 78.8 cm³/mol. The molecule has 0 aliphatic rings. The monoisotopic (exact) mass is 356 g/mol. The molecule has 5 nitrogen and oxygen atoms in total. The van der Waals surface area contributed by atoms with Gasteiger partial charge < -0.3 is 13.8 Å². The molecule has 0 amide bonds. The first-order valence-electron chi connectivity index (χ1n) is 7.66. The van der Waals surface area contributed by atoms with Gasteiger partial charge in [0.15, 0.2) is 0 Å². The molecule has 0 aromatic heterocycles. The Morgan fingerprint density at radius 2 is 0.955 bits per heavy atom. The van der Waals surface area contributed by atoms with Crippen LogP contribution >= 0.6 is 0 Å². The number of unbranched alkanes of at least 4 members (excludes halogenated alkanes) is 8. The fourth-order valence-electron chi connectivity index (χ4n) is 1.72. The van der Waals surface area contributed by atoms with E-state index in [9.17, 15) is 0 Å².